The third-order valence-electron chi connectivity index (χ3n) is 2.48. The molecule has 1 amide bonds. The predicted molar refractivity (Wildman–Crippen MR) is 72.5 cm³/mol. The Hall–Kier alpha value is -1.55. The fourth-order valence-corrected chi connectivity index (χ4v) is 1.44. The molecule has 0 fully saturated rings. The summed E-state index contributed by atoms with van der Waals surface area (Å²) >= 11 is 0. The van der Waals surface area contributed by atoms with Crippen LogP contribution in [-0.2, 0) is 11.3 Å². The summed E-state index contributed by atoms with van der Waals surface area (Å²) in [4.78, 5) is 11.4. The van der Waals surface area contributed by atoms with E-state index in [9.17, 15) is 4.79 Å². The Bertz CT molecular complexity index is 361. The third kappa shape index (κ3) is 5.68. The van der Waals surface area contributed by atoms with Gasteiger partial charge in [0.05, 0.1) is 13.7 Å². The monoisotopic (exact) mass is 250 g/mol. The lowest BCUT2D eigenvalue weighted by atomic mass is 10.2. The number of hydrogen-bond donors (Lipinski definition) is 2. The van der Waals surface area contributed by atoms with Crippen LogP contribution in [0.5, 0.6) is 5.75 Å². The van der Waals surface area contributed by atoms with Crippen molar-refractivity contribution in [2.45, 2.75) is 20.4 Å². The molecule has 100 valence electrons. The van der Waals surface area contributed by atoms with Gasteiger partial charge in [0.15, 0.2) is 0 Å². The van der Waals surface area contributed by atoms with Crippen LogP contribution in [0.4, 0.5) is 0 Å². The molecular formula is C14H22N2O2. The van der Waals surface area contributed by atoms with Crippen LogP contribution in [0.15, 0.2) is 24.3 Å². The SMILES string of the molecule is COc1ccc(CNCC(=O)NCC(C)C)cc1. The highest BCUT2D eigenvalue weighted by Crippen LogP contribution is 2.10. The lowest BCUT2D eigenvalue weighted by molar-refractivity contribution is -0.120. The van der Waals surface area contributed by atoms with Gasteiger partial charge in [-0.05, 0) is 23.6 Å². The molecule has 0 atom stereocenters. The summed E-state index contributed by atoms with van der Waals surface area (Å²) in [6.07, 6.45) is 0. The van der Waals surface area contributed by atoms with E-state index in [1.165, 1.54) is 0 Å². The van der Waals surface area contributed by atoms with E-state index in [2.05, 4.69) is 24.5 Å². The van der Waals surface area contributed by atoms with E-state index >= 15 is 0 Å². The zero-order chi connectivity index (χ0) is 13.4. The van der Waals surface area contributed by atoms with E-state index in [4.69, 9.17) is 4.74 Å². The van der Waals surface area contributed by atoms with E-state index < -0.39 is 0 Å². The molecule has 0 aliphatic heterocycles. The maximum Gasteiger partial charge on any atom is 0.233 e. The fraction of sp³-hybridized carbons (Fsp3) is 0.500. The molecular weight excluding hydrogens is 228 g/mol. The molecule has 0 bridgehead atoms. The summed E-state index contributed by atoms with van der Waals surface area (Å²) < 4.78 is 5.08. The Kier molecular flexibility index (Phi) is 6.22. The average Bonchev–Trinajstić information content (AvgIpc) is 2.37. The topological polar surface area (TPSA) is 50.4 Å². The maximum atomic E-state index is 11.4. The van der Waals surface area contributed by atoms with Crippen molar-refractivity contribution in [3.8, 4) is 5.75 Å². The minimum absolute atomic E-state index is 0.0391. The van der Waals surface area contributed by atoms with Gasteiger partial charge in [0.1, 0.15) is 5.75 Å². The van der Waals surface area contributed by atoms with E-state index in [0.29, 0.717) is 19.0 Å². The number of hydrogen-bond acceptors (Lipinski definition) is 3. The number of carbonyl (C=O) groups excluding carboxylic acids is 1. The minimum atomic E-state index is 0.0391. The predicted octanol–water partition coefficient (Wildman–Crippen LogP) is 1.56. The Labute approximate surface area is 109 Å². The van der Waals surface area contributed by atoms with Crippen LogP contribution >= 0.6 is 0 Å². The molecule has 4 heteroatoms. The molecule has 0 spiro atoms. The second-order valence-corrected chi connectivity index (χ2v) is 4.65. The molecule has 0 saturated heterocycles. The summed E-state index contributed by atoms with van der Waals surface area (Å²) in [7, 11) is 1.65. The summed E-state index contributed by atoms with van der Waals surface area (Å²) in [5, 5.41) is 5.97. The van der Waals surface area contributed by atoms with Crippen molar-refractivity contribution in [3.63, 3.8) is 0 Å². The van der Waals surface area contributed by atoms with Gasteiger partial charge < -0.3 is 15.4 Å². The molecule has 0 aromatic heterocycles. The normalized spacial score (nSPS) is 10.4. The summed E-state index contributed by atoms with van der Waals surface area (Å²) in [6, 6.07) is 7.79. The van der Waals surface area contributed by atoms with E-state index in [-0.39, 0.29) is 5.91 Å². The molecule has 1 aromatic rings. The first-order valence-corrected chi connectivity index (χ1v) is 6.22. The molecule has 0 aliphatic carbocycles. The summed E-state index contributed by atoms with van der Waals surface area (Å²) in [5.74, 6) is 1.36. The van der Waals surface area contributed by atoms with Gasteiger partial charge in [0.25, 0.3) is 0 Å². The lowest BCUT2D eigenvalue weighted by Crippen LogP contribution is -2.35. The smallest absolute Gasteiger partial charge is 0.233 e. The molecule has 18 heavy (non-hydrogen) atoms. The number of rotatable bonds is 7. The first-order chi connectivity index (χ1) is 8.61. The van der Waals surface area contributed by atoms with E-state index in [1.807, 2.05) is 24.3 Å². The molecule has 0 radical (unpaired) electrons. The highest BCUT2D eigenvalue weighted by molar-refractivity contribution is 5.77. The molecule has 1 aromatic carbocycles. The second-order valence-electron chi connectivity index (χ2n) is 4.65. The van der Waals surface area contributed by atoms with Crippen molar-refractivity contribution in [1.29, 1.82) is 0 Å². The number of benzene rings is 1. The Morgan fingerprint density at radius 2 is 1.94 bits per heavy atom. The van der Waals surface area contributed by atoms with Crippen molar-refractivity contribution >= 4 is 5.91 Å². The lowest BCUT2D eigenvalue weighted by Gasteiger charge is -2.09. The largest absolute Gasteiger partial charge is 0.497 e. The van der Waals surface area contributed by atoms with E-state index in [1.54, 1.807) is 7.11 Å². The fourth-order valence-electron chi connectivity index (χ4n) is 1.44. The van der Waals surface area contributed by atoms with Gasteiger partial charge in [-0.25, -0.2) is 0 Å². The molecule has 2 N–H and O–H groups in total. The van der Waals surface area contributed by atoms with Crippen LogP contribution in [0.2, 0.25) is 0 Å². The number of amides is 1. The van der Waals surface area contributed by atoms with Crippen molar-refractivity contribution in [2.75, 3.05) is 20.2 Å². The van der Waals surface area contributed by atoms with Crippen molar-refractivity contribution in [1.82, 2.24) is 10.6 Å². The van der Waals surface area contributed by atoms with Crippen molar-refractivity contribution in [3.05, 3.63) is 29.8 Å². The first-order valence-electron chi connectivity index (χ1n) is 6.22. The molecule has 1 rings (SSSR count). The summed E-state index contributed by atoms with van der Waals surface area (Å²) in [5.41, 5.74) is 1.13. The van der Waals surface area contributed by atoms with Gasteiger partial charge in [-0.2, -0.15) is 0 Å². The van der Waals surface area contributed by atoms with Gasteiger partial charge >= 0.3 is 0 Å². The van der Waals surface area contributed by atoms with Gasteiger partial charge in [0.2, 0.25) is 5.91 Å². The highest BCUT2D eigenvalue weighted by atomic mass is 16.5. The average molecular weight is 250 g/mol. The second kappa shape index (κ2) is 7.71. The Morgan fingerprint density at radius 3 is 2.50 bits per heavy atom. The van der Waals surface area contributed by atoms with Crippen LogP contribution in [0.1, 0.15) is 19.4 Å². The van der Waals surface area contributed by atoms with Crippen LogP contribution in [0, 0.1) is 5.92 Å². The van der Waals surface area contributed by atoms with Crippen molar-refractivity contribution in [2.24, 2.45) is 5.92 Å². The van der Waals surface area contributed by atoms with Crippen LogP contribution in [0.3, 0.4) is 0 Å². The van der Waals surface area contributed by atoms with E-state index in [0.717, 1.165) is 17.9 Å². The third-order valence-corrected chi connectivity index (χ3v) is 2.48. The standard InChI is InChI=1S/C14H22N2O2/c1-11(2)8-16-14(17)10-15-9-12-4-6-13(18-3)7-5-12/h4-7,11,15H,8-10H2,1-3H3,(H,16,17). The van der Waals surface area contributed by atoms with Gasteiger partial charge in [-0.1, -0.05) is 26.0 Å². The summed E-state index contributed by atoms with van der Waals surface area (Å²) in [6.45, 7) is 5.90. The van der Waals surface area contributed by atoms with Gasteiger partial charge in [-0.3, -0.25) is 4.79 Å². The number of nitrogens with one attached hydrogen (secondary N) is 2. The van der Waals surface area contributed by atoms with Gasteiger partial charge in [-0.15, -0.1) is 0 Å². The molecule has 0 unspecified atom stereocenters. The van der Waals surface area contributed by atoms with Crippen LogP contribution in [-0.4, -0.2) is 26.1 Å². The molecule has 0 saturated carbocycles. The Balaban J connectivity index is 2.22. The molecule has 0 heterocycles. The maximum absolute atomic E-state index is 11.4. The molecule has 4 nitrogen and oxygen atoms in total. The van der Waals surface area contributed by atoms with Gasteiger partial charge in [0, 0.05) is 13.1 Å². The highest BCUT2D eigenvalue weighted by Gasteiger charge is 2.01. The quantitative estimate of drug-likeness (QED) is 0.772. The number of carbonyl (C=O) groups is 1. The number of methoxy groups -OCH3 is 1. The van der Waals surface area contributed by atoms with Crippen molar-refractivity contribution < 1.29 is 9.53 Å². The molecule has 0 aliphatic rings. The zero-order valence-corrected chi connectivity index (χ0v) is 11.3. The zero-order valence-electron chi connectivity index (χ0n) is 11.3. The van der Waals surface area contributed by atoms with Crippen LogP contribution < -0.4 is 15.4 Å². The minimum Gasteiger partial charge on any atom is -0.497 e. The first kappa shape index (κ1) is 14.5. The Morgan fingerprint density at radius 1 is 1.28 bits per heavy atom. The van der Waals surface area contributed by atoms with Crippen LogP contribution in [0.25, 0.3) is 0 Å². The number of ether oxygens (including phenoxy) is 1.